The quantitative estimate of drug-likeness (QED) is 0.753. The van der Waals surface area contributed by atoms with Crippen LogP contribution in [0.3, 0.4) is 0 Å². The van der Waals surface area contributed by atoms with E-state index in [-0.39, 0.29) is 0 Å². The molecule has 1 aromatic carbocycles. The summed E-state index contributed by atoms with van der Waals surface area (Å²) < 4.78 is 22.2. The second-order valence-electron chi connectivity index (χ2n) is 6.76. The molecule has 0 unspecified atom stereocenters. The average molecular weight is 360 g/mol. The van der Waals surface area contributed by atoms with Crippen LogP contribution in [-0.4, -0.2) is 50.9 Å². The third kappa shape index (κ3) is 4.02. The predicted molar refractivity (Wildman–Crippen MR) is 99.7 cm³/mol. The minimum atomic E-state index is 0.568. The molecule has 0 bridgehead atoms. The van der Waals surface area contributed by atoms with Gasteiger partial charge in [0.05, 0.1) is 32.1 Å². The van der Waals surface area contributed by atoms with Crippen molar-refractivity contribution in [2.45, 2.75) is 26.3 Å². The van der Waals surface area contributed by atoms with Crippen LogP contribution in [0.2, 0.25) is 0 Å². The van der Waals surface area contributed by atoms with Gasteiger partial charge >= 0.3 is 0 Å². The van der Waals surface area contributed by atoms with Crippen molar-refractivity contribution in [3.05, 3.63) is 29.7 Å². The van der Waals surface area contributed by atoms with Crippen molar-refractivity contribution in [1.29, 1.82) is 0 Å². The monoisotopic (exact) mass is 360 g/mol. The first-order chi connectivity index (χ1) is 12.7. The maximum absolute atomic E-state index is 5.96. The zero-order valence-electron chi connectivity index (χ0n) is 16.1. The highest BCUT2D eigenvalue weighted by Gasteiger charge is 2.23. The maximum Gasteiger partial charge on any atom is 0.230 e. The number of nitrogens with zero attached hydrogens (tertiary/aromatic N) is 2. The SMILES string of the molecule is COC[C@@H]1CCCN(Cc2nc(-c3cccc(OC)c3OC)oc2C)C1. The molecule has 6 heteroatoms. The van der Waals surface area contributed by atoms with Crippen molar-refractivity contribution < 1.29 is 18.6 Å². The van der Waals surface area contributed by atoms with Crippen LogP contribution in [0.25, 0.3) is 11.5 Å². The summed E-state index contributed by atoms with van der Waals surface area (Å²) in [5, 5.41) is 0. The summed E-state index contributed by atoms with van der Waals surface area (Å²) in [6.07, 6.45) is 2.43. The summed E-state index contributed by atoms with van der Waals surface area (Å²) in [5.41, 5.74) is 1.78. The number of rotatable bonds is 7. The van der Waals surface area contributed by atoms with E-state index in [1.807, 2.05) is 25.1 Å². The van der Waals surface area contributed by atoms with Crippen LogP contribution in [0, 0.1) is 12.8 Å². The first kappa shape index (κ1) is 18.7. The number of aryl methyl sites for hydroxylation is 1. The number of aromatic nitrogens is 1. The Hall–Kier alpha value is -2.05. The van der Waals surface area contributed by atoms with Gasteiger partial charge in [0.2, 0.25) is 5.89 Å². The van der Waals surface area contributed by atoms with E-state index in [0.717, 1.165) is 43.3 Å². The standard InChI is InChI=1S/C20H28N2O4/c1-14-17(12-22-10-6-7-15(11-22)13-23-2)21-20(26-14)16-8-5-9-18(24-3)19(16)25-4/h5,8-9,15H,6-7,10-13H2,1-4H3/t15-/m1/s1. The first-order valence-corrected chi connectivity index (χ1v) is 9.05. The molecule has 0 aliphatic carbocycles. The largest absolute Gasteiger partial charge is 0.493 e. The lowest BCUT2D eigenvalue weighted by Gasteiger charge is -2.31. The van der Waals surface area contributed by atoms with Crippen molar-refractivity contribution >= 4 is 0 Å². The number of likely N-dealkylation sites (tertiary alicyclic amines) is 1. The summed E-state index contributed by atoms with van der Waals surface area (Å²) in [4.78, 5) is 7.19. The van der Waals surface area contributed by atoms with Crippen molar-refractivity contribution in [1.82, 2.24) is 9.88 Å². The lowest BCUT2D eigenvalue weighted by Crippen LogP contribution is -2.36. The molecule has 1 atom stereocenters. The molecule has 2 heterocycles. The summed E-state index contributed by atoms with van der Waals surface area (Å²) in [6.45, 7) is 5.71. The Kier molecular flexibility index (Phi) is 6.16. The summed E-state index contributed by atoms with van der Waals surface area (Å²) >= 11 is 0. The molecule has 0 radical (unpaired) electrons. The van der Waals surface area contributed by atoms with Crippen LogP contribution in [-0.2, 0) is 11.3 Å². The van der Waals surface area contributed by atoms with E-state index < -0.39 is 0 Å². The van der Waals surface area contributed by atoms with E-state index in [1.165, 1.54) is 12.8 Å². The number of ether oxygens (including phenoxy) is 3. The molecule has 0 saturated carbocycles. The van der Waals surface area contributed by atoms with Gasteiger partial charge in [0.15, 0.2) is 11.5 Å². The van der Waals surface area contributed by atoms with Crippen molar-refractivity contribution in [3.63, 3.8) is 0 Å². The first-order valence-electron chi connectivity index (χ1n) is 9.05. The summed E-state index contributed by atoms with van der Waals surface area (Å²) in [5.74, 6) is 3.32. The molecule has 1 aromatic heterocycles. The molecule has 1 aliphatic heterocycles. The van der Waals surface area contributed by atoms with Crippen LogP contribution in [0.5, 0.6) is 11.5 Å². The maximum atomic E-state index is 5.96. The fourth-order valence-electron chi connectivity index (χ4n) is 3.62. The molecular weight excluding hydrogens is 332 g/mol. The number of piperidine rings is 1. The van der Waals surface area contributed by atoms with Crippen LogP contribution < -0.4 is 9.47 Å². The normalized spacial score (nSPS) is 18.1. The summed E-state index contributed by atoms with van der Waals surface area (Å²) in [7, 11) is 5.02. The van der Waals surface area contributed by atoms with E-state index in [0.29, 0.717) is 23.3 Å². The second-order valence-corrected chi connectivity index (χ2v) is 6.76. The molecule has 3 rings (SSSR count). The highest BCUT2D eigenvalue weighted by molar-refractivity contribution is 5.68. The molecule has 142 valence electrons. The van der Waals surface area contributed by atoms with E-state index in [9.17, 15) is 0 Å². The third-order valence-electron chi connectivity index (χ3n) is 4.90. The Morgan fingerprint density at radius 2 is 2.08 bits per heavy atom. The molecule has 2 aromatic rings. The highest BCUT2D eigenvalue weighted by Crippen LogP contribution is 2.38. The zero-order chi connectivity index (χ0) is 18.5. The van der Waals surface area contributed by atoms with Crippen molar-refractivity contribution in [3.8, 4) is 23.0 Å². The fraction of sp³-hybridized carbons (Fsp3) is 0.550. The minimum Gasteiger partial charge on any atom is -0.493 e. The molecule has 0 amide bonds. The highest BCUT2D eigenvalue weighted by atomic mass is 16.5. The van der Waals surface area contributed by atoms with Crippen molar-refractivity contribution in [2.24, 2.45) is 5.92 Å². The lowest BCUT2D eigenvalue weighted by molar-refractivity contribution is 0.0866. The van der Waals surface area contributed by atoms with Crippen LogP contribution in [0.15, 0.2) is 22.6 Å². The number of hydrogen-bond donors (Lipinski definition) is 0. The van der Waals surface area contributed by atoms with Crippen LogP contribution >= 0.6 is 0 Å². The van der Waals surface area contributed by atoms with Gasteiger partial charge in [0, 0.05) is 20.2 Å². The number of oxazole rings is 1. The zero-order valence-corrected chi connectivity index (χ0v) is 16.1. The van der Waals surface area contributed by atoms with Crippen LogP contribution in [0.4, 0.5) is 0 Å². The number of benzene rings is 1. The Balaban J connectivity index is 1.80. The van der Waals surface area contributed by atoms with Gasteiger partial charge in [0.25, 0.3) is 0 Å². The molecule has 0 spiro atoms. The van der Waals surface area contributed by atoms with Gasteiger partial charge < -0.3 is 18.6 Å². The smallest absolute Gasteiger partial charge is 0.230 e. The van der Waals surface area contributed by atoms with E-state index in [1.54, 1.807) is 21.3 Å². The number of para-hydroxylation sites is 1. The van der Waals surface area contributed by atoms with Gasteiger partial charge in [-0.3, -0.25) is 4.90 Å². The van der Waals surface area contributed by atoms with E-state index in [2.05, 4.69) is 4.90 Å². The number of methoxy groups -OCH3 is 3. The number of hydrogen-bond acceptors (Lipinski definition) is 6. The molecule has 0 N–H and O–H groups in total. The van der Waals surface area contributed by atoms with Gasteiger partial charge in [-0.15, -0.1) is 0 Å². The Bertz CT molecular complexity index is 727. The van der Waals surface area contributed by atoms with Gasteiger partial charge in [-0.2, -0.15) is 0 Å². The molecule has 26 heavy (non-hydrogen) atoms. The van der Waals surface area contributed by atoms with Gasteiger partial charge in [-0.05, 0) is 44.4 Å². The van der Waals surface area contributed by atoms with Gasteiger partial charge in [-0.25, -0.2) is 4.98 Å². The Morgan fingerprint density at radius 3 is 2.81 bits per heavy atom. The Morgan fingerprint density at radius 1 is 1.23 bits per heavy atom. The minimum absolute atomic E-state index is 0.568. The van der Waals surface area contributed by atoms with Gasteiger partial charge in [0.1, 0.15) is 5.76 Å². The molecule has 1 aliphatic rings. The predicted octanol–water partition coefficient (Wildman–Crippen LogP) is 3.53. The van der Waals surface area contributed by atoms with E-state index >= 15 is 0 Å². The molecule has 6 nitrogen and oxygen atoms in total. The van der Waals surface area contributed by atoms with Crippen LogP contribution in [0.1, 0.15) is 24.3 Å². The average Bonchev–Trinajstić information content (AvgIpc) is 3.02. The molecular formula is C20H28N2O4. The second kappa shape index (κ2) is 8.56. The van der Waals surface area contributed by atoms with Crippen molar-refractivity contribution in [2.75, 3.05) is 41.0 Å². The van der Waals surface area contributed by atoms with E-state index in [4.69, 9.17) is 23.6 Å². The lowest BCUT2D eigenvalue weighted by atomic mass is 9.99. The third-order valence-corrected chi connectivity index (χ3v) is 4.90. The fourth-order valence-corrected chi connectivity index (χ4v) is 3.62. The van der Waals surface area contributed by atoms with Gasteiger partial charge in [-0.1, -0.05) is 6.07 Å². The summed E-state index contributed by atoms with van der Waals surface area (Å²) in [6, 6.07) is 5.71. The molecule has 1 saturated heterocycles. The topological polar surface area (TPSA) is 57.0 Å². The molecule has 1 fully saturated rings. The Labute approximate surface area is 155 Å².